The molecule has 7 nitrogen and oxygen atoms in total. The molecule has 0 spiro atoms. The van der Waals surface area contributed by atoms with Crippen molar-refractivity contribution in [3.05, 3.63) is 53.6 Å². The molecular weight excluding hydrogens is 418 g/mol. The first-order valence-electron chi connectivity index (χ1n) is 11.7. The third-order valence-electron chi connectivity index (χ3n) is 6.34. The summed E-state index contributed by atoms with van der Waals surface area (Å²) in [5.74, 6) is 0.819. The molecule has 0 aliphatic carbocycles. The molecule has 0 N–H and O–H groups in total. The quantitative estimate of drug-likeness (QED) is 0.668. The van der Waals surface area contributed by atoms with Crippen LogP contribution in [0, 0.1) is 5.41 Å². The Balaban J connectivity index is 1.30. The van der Waals surface area contributed by atoms with Crippen LogP contribution in [0.15, 0.2) is 42.5 Å². The van der Waals surface area contributed by atoms with Crippen LogP contribution in [-0.2, 0) is 0 Å². The molecule has 2 aromatic carbocycles. The number of nitrogens with zero attached hydrogens (tertiary/aromatic N) is 3. The molecule has 3 aliphatic rings. The van der Waals surface area contributed by atoms with Crippen molar-refractivity contribution in [2.24, 2.45) is 5.41 Å². The van der Waals surface area contributed by atoms with E-state index in [0.29, 0.717) is 29.2 Å². The fraction of sp³-hybridized carbons (Fsp3) is 0.462. The van der Waals surface area contributed by atoms with Crippen molar-refractivity contribution in [1.82, 2.24) is 9.80 Å². The number of anilines is 1. The highest BCUT2D eigenvalue weighted by molar-refractivity contribution is 6.23. The molecule has 1 unspecified atom stereocenters. The Morgan fingerprint density at radius 3 is 2.36 bits per heavy atom. The van der Waals surface area contributed by atoms with Gasteiger partial charge in [-0.05, 0) is 29.7 Å². The van der Waals surface area contributed by atoms with Gasteiger partial charge >= 0.3 is 0 Å². The van der Waals surface area contributed by atoms with Crippen LogP contribution in [0.25, 0.3) is 0 Å². The van der Waals surface area contributed by atoms with Gasteiger partial charge < -0.3 is 14.4 Å². The second-order valence-electron chi connectivity index (χ2n) is 10.2. The van der Waals surface area contributed by atoms with Gasteiger partial charge in [-0.3, -0.25) is 19.4 Å². The van der Waals surface area contributed by atoms with Crippen LogP contribution in [0.1, 0.15) is 41.5 Å². The number of amides is 2. The summed E-state index contributed by atoms with van der Waals surface area (Å²) in [5, 5.41) is 0. The summed E-state index contributed by atoms with van der Waals surface area (Å²) in [6.45, 7) is 11.8. The maximum Gasteiger partial charge on any atom is 0.263 e. The Hall–Kier alpha value is -3.06. The number of piperazine rings is 1. The SMILES string of the molecule is CC(C)(C)CN1CCN(c2cccc3c2C(=O)N(CC2COc4ccccc4O2)C3=O)CC1. The van der Waals surface area contributed by atoms with Gasteiger partial charge in [-0.25, -0.2) is 0 Å². The summed E-state index contributed by atoms with van der Waals surface area (Å²) in [5.41, 5.74) is 2.11. The normalized spacial score (nSPS) is 20.9. The number of fused-ring (bicyclic) bond motifs is 2. The highest BCUT2D eigenvalue weighted by Gasteiger charge is 2.40. The minimum Gasteiger partial charge on any atom is -0.486 e. The lowest BCUT2D eigenvalue weighted by atomic mass is 9.95. The number of carbonyl (C=O) groups excluding carboxylic acids is 2. The third-order valence-corrected chi connectivity index (χ3v) is 6.34. The number of para-hydroxylation sites is 2. The van der Waals surface area contributed by atoms with Gasteiger partial charge in [0.05, 0.1) is 23.4 Å². The lowest BCUT2D eigenvalue weighted by Crippen LogP contribution is -2.49. The van der Waals surface area contributed by atoms with Crippen molar-refractivity contribution in [1.29, 1.82) is 0 Å². The molecule has 0 bridgehead atoms. The highest BCUT2D eigenvalue weighted by Crippen LogP contribution is 2.35. The molecule has 0 aromatic heterocycles. The van der Waals surface area contributed by atoms with E-state index in [1.807, 2.05) is 36.4 Å². The van der Waals surface area contributed by atoms with E-state index in [-0.39, 0.29) is 23.8 Å². The fourth-order valence-electron chi connectivity index (χ4n) is 4.92. The molecule has 0 radical (unpaired) electrons. The molecule has 3 heterocycles. The van der Waals surface area contributed by atoms with Gasteiger partial charge in [0.15, 0.2) is 17.6 Å². The van der Waals surface area contributed by atoms with E-state index in [2.05, 4.69) is 30.6 Å². The van der Waals surface area contributed by atoms with Crippen molar-refractivity contribution in [2.75, 3.05) is 50.8 Å². The zero-order chi connectivity index (χ0) is 23.2. The smallest absolute Gasteiger partial charge is 0.263 e. The Bertz CT molecular complexity index is 1070. The van der Waals surface area contributed by atoms with Gasteiger partial charge in [0.2, 0.25) is 0 Å². The second-order valence-corrected chi connectivity index (χ2v) is 10.2. The van der Waals surface area contributed by atoms with Crippen molar-refractivity contribution in [3.8, 4) is 11.5 Å². The van der Waals surface area contributed by atoms with E-state index in [1.54, 1.807) is 6.07 Å². The lowest BCUT2D eigenvalue weighted by Gasteiger charge is -2.39. The first kappa shape index (κ1) is 21.8. The Morgan fingerprint density at radius 2 is 1.64 bits per heavy atom. The molecule has 1 fully saturated rings. The minimum atomic E-state index is -0.397. The molecule has 0 saturated carbocycles. The summed E-state index contributed by atoms with van der Waals surface area (Å²) in [7, 11) is 0. The van der Waals surface area contributed by atoms with Gasteiger partial charge in [-0.1, -0.05) is 39.0 Å². The molecule has 174 valence electrons. The summed E-state index contributed by atoms with van der Waals surface area (Å²) in [6, 6.07) is 13.0. The fourth-order valence-corrected chi connectivity index (χ4v) is 4.92. The van der Waals surface area contributed by atoms with Crippen molar-refractivity contribution < 1.29 is 19.1 Å². The van der Waals surface area contributed by atoms with E-state index in [4.69, 9.17) is 9.47 Å². The predicted molar refractivity (Wildman–Crippen MR) is 126 cm³/mol. The molecule has 33 heavy (non-hydrogen) atoms. The molecule has 1 saturated heterocycles. The monoisotopic (exact) mass is 449 g/mol. The van der Waals surface area contributed by atoms with Crippen LogP contribution >= 0.6 is 0 Å². The Morgan fingerprint density at radius 1 is 0.909 bits per heavy atom. The van der Waals surface area contributed by atoms with Crippen molar-refractivity contribution in [2.45, 2.75) is 26.9 Å². The van der Waals surface area contributed by atoms with Crippen LogP contribution in [0.5, 0.6) is 11.5 Å². The van der Waals surface area contributed by atoms with Crippen LogP contribution in [0.2, 0.25) is 0 Å². The topological polar surface area (TPSA) is 62.3 Å². The molecule has 2 amide bonds. The summed E-state index contributed by atoms with van der Waals surface area (Å²) >= 11 is 0. The van der Waals surface area contributed by atoms with Gasteiger partial charge in [0.1, 0.15) is 6.61 Å². The number of rotatable bonds is 4. The number of carbonyl (C=O) groups is 2. The zero-order valence-corrected chi connectivity index (χ0v) is 19.5. The van der Waals surface area contributed by atoms with Crippen LogP contribution in [-0.4, -0.2) is 73.6 Å². The number of imide groups is 1. The van der Waals surface area contributed by atoms with E-state index in [0.717, 1.165) is 38.4 Å². The number of ether oxygens (including phenoxy) is 2. The molecule has 3 aliphatic heterocycles. The van der Waals surface area contributed by atoms with Crippen LogP contribution in [0.3, 0.4) is 0 Å². The molecule has 2 aromatic rings. The van der Waals surface area contributed by atoms with Gasteiger partial charge in [-0.2, -0.15) is 0 Å². The van der Waals surface area contributed by atoms with Crippen molar-refractivity contribution >= 4 is 17.5 Å². The van der Waals surface area contributed by atoms with Gasteiger partial charge in [-0.15, -0.1) is 0 Å². The van der Waals surface area contributed by atoms with Crippen LogP contribution < -0.4 is 14.4 Å². The van der Waals surface area contributed by atoms with E-state index >= 15 is 0 Å². The highest BCUT2D eigenvalue weighted by atomic mass is 16.6. The van der Waals surface area contributed by atoms with E-state index < -0.39 is 6.10 Å². The second kappa shape index (κ2) is 8.37. The van der Waals surface area contributed by atoms with Gasteiger partial charge in [0, 0.05) is 32.7 Å². The molecule has 5 rings (SSSR count). The average molecular weight is 450 g/mol. The summed E-state index contributed by atoms with van der Waals surface area (Å²) < 4.78 is 11.8. The van der Waals surface area contributed by atoms with Crippen molar-refractivity contribution in [3.63, 3.8) is 0 Å². The number of hydrogen-bond acceptors (Lipinski definition) is 6. The largest absolute Gasteiger partial charge is 0.486 e. The first-order chi connectivity index (χ1) is 15.8. The molecule has 7 heteroatoms. The standard InChI is InChI=1S/C26H31N3O4/c1-26(2,3)17-27-11-13-28(14-12-27)20-8-6-7-19-23(20)25(31)29(24(19)30)15-18-16-32-21-9-4-5-10-22(21)33-18/h4-10,18H,11-17H2,1-3H3. The molecule has 1 atom stereocenters. The summed E-state index contributed by atoms with van der Waals surface area (Å²) in [4.78, 5) is 32.6. The Labute approximate surface area is 194 Å². The third kappa shape index (κ3) is 4.29. The first-order valence-corrected chi connectivity index (χ1v) is 11.7. The van der Waals surface area contributed by atoms with Gasteiger partial charge in [0.25, 0.3) is 11.8 Å². The molecular formula is C26H31N3O4. The number of hydrogen-bond donors (Lipinski definition) is 0. The van der Waals surface area contributed by atoms with E-state index in [9.17, 15) is 9.59 Å². The van der Waals surface area contributed by atoms with E-state index in [1.165, 1.54) is 4.90 Å². The maximum atomic E-state index is 13.4. The number of benzene rings is 2. The zero-order valence-electron chi connectivity index (χ0n) is 19.5. The summed E-state index contributed by atoms with van der Waals surface area (Å²) in [6.07, 6.45) is -0.397. The Kier molecular flexibility index (Phi) is 5.52. The predicted octanol–water partition coefficient (Wildman–Crippen LogP) is 3.29. The lowest BCUT2D eigenvalue weighted by molar-refractivity contribution is 0.0430. The van der Waals surface area contributed by atoms with Crippen LogP contribution in [0.4, 0.5) is 5.69 Å². The average Bonchev–Trinajstić information content (AvgIpc) is 3.03. The maximum absolute atomic E-state index is 13.4. The minimum absolute atomic E-state index is 0.166.